The number of halogens is 5. The third-order valence-electron chi connectivity index (χ3n) is 5.39. The maximum Gasteiger partial charge on any atom is 0.417 e. The van der Waals surface area contributed by atoms with Gasteiger partial charge in [-0.1, -0.05) is 48.3 Å². The second kappa shape index (κ2) is 9.69. The van der Waals surface area contributed by atoms with E-state index in [4.69, 9.17) is 23.2 Å². The van der Waals surface area contributed by atoms with E-state index in [1.165, 1.54) is 18.1 Å². The van der Waals surface area contributed by atoms with Gasteiger partial charge in [0, 0.05) is 29.9 Å². The summed E-state index contributed by atoms with van der Waals surface area (Å²) in [5.74, 6) is -1.31. The molecule has 0 fully saturated rings. The Labute approximate surface area is 205 Å². The highest BCUT2D eigenvalue weighted by Crippen LogP contribution is 2.36. The number of hydrogen-bond donors (Lipinski definition) is 1. The minimum Gasteiger partial charge on any atom is -0.310 e. The van der Waals surface area contributed by atoms with Crippen LogP contribution < -0.4 is 9.62 Å². The summed E-state index contributed by atoms with van der Waals surface area (Å²) < 4.78 is 68.1. The molecule has 0 saturated heterocycles. The van der Waals surface area contributed by atoms with Crippen LogP contribution in [-0.2, 0) is 21.0 Å². The van der Waals surface area contributed by atoms with E-state index < -0.39 is 49.5 Å². The van der Waals surface area contributed by atoms with E-state index in [-0.39, 0.29) is 10.7 Å². The van der Waals surface area contributed by atoms with Crippen LogP contribution >= 0.6 is 23.2 Å². The fourth-order valence-electron chi connectivity index (χ4n) is 3.42. The minimum absolute atomic E-state index is 0.156. The van der Waals surface area contributed by atoms with Crippen molar-refractivity contribution in [2.45, 2.75) is 31.0 Å². The Morgan fingerprint density at radius 2 is 1.79 bits per heavy atom. The molecule has 0 bridgehead atoms. The lowest BCUT2D eigenvalue weighted by molar-refractivity contribution is -0.137. The molecule has 1 amide bonds. The molecule has 6 nitrogen and oxygen atoms in total. The van der Waals surface area contributed by atoms with Crippen molar-refractivity contribution < 1.29 is 26.4 Å². The first kappa shape index (κ1) is 26.2. The largest absolute Gasteiger partial charge is 0.417 e. The standard InChI is InChI=1S/C22H20Cl2F3N3O3S/c1-12-6-4-5-7-18(12)30(3)21(31)20-19(13(2)17(24)11-28-20)29-34(32,33)14-8-9-16(23)15(10-14)22(25,26)27/h4-11,13,19,29H,1-3H3. The summed E-state index contributed by atoms with van der Waals surface area (Å²) in [6, 6.07) is 8.07. The quantitative estimate of drug-likeness (QED) is 0.577. The molecular formula is C22H20Cl2F3N3O3S. The molecule has 0 aliphatic carbocycles. The van der Waals surface area contributed by atoms with Crippen molar-refractivity contribution in [3.05, 3.63) is 69.8 Å². The normalized spacial score (nSPS) is 18.8. The number of nitrogens with zero attached hydrogens (tertiary/aromatic N) is 2. The van der Waals surface area contributed by atoms with Crippen molar-refractivity contribution in [1.29, 1.82) is 0 Å². The van der Waals surface area contributed by atoms with Crippen molar-refractivity contribution in [1.82, 2.24) is 4.72 Å². The molecule has 1 aliphatic rings. The molecule has 1 heterocycles. The Balaban J connectivity index is 1.99. The molecule has 2 atom stereocenters. The zero-order valence-corrected chi connectivity index (χ0v) is 20.5. The van der Waals surface area contributed by atoms with Crippen LogP contribution in [0.5, 0.6) is 0 Å². The van der Waals surface area contributed by atoms with Gasteiger partial charge in [0.25, 0.3) is 5.91 Å². The van der Waals surface area contributed by atoms with Crippen LogP contribution in [-0.4, -0.2) is 33.1 Å². The Bertz CT molecular complexity index is 1290. The van der Waals surface area contributed by atoms with Crippen molar-refractivity contribution in [3.63, 3.8) is 0 Å². The molecule has 0 spiro atoms. The number of aryl methyl sites for hydroxylation is 1. The van der Waals surface area contributed by atoms with E-state index in [1.807, 2.05) is 0 Å². The molecule has 34 heavy (non-hydrogen) atoms. The average molecular weight is 534 g/mol. The van der Waals surface area contributed by atoms with Crippen LogP contribution in [0.4, 0.5) is 18.9 Å². The third-order valence-corrected chi connectivity index (χ3v) is 7.60. The summed E-state index contributed by atoms with van der Waals surface area (Å²) in [4.78, 5) is 18.0. The maximum atomic E-state index is 13.3. The van der Waals surface area contributed by atoms with E-state index in [0.29, 0.717) is 11.8 Å². The first-order chi connectivity index (χ1) is 15.7. The predicted octanol–water partition coefficient (Wildman–Crippen LogP) is 5.15. The summed E-state index contributed by atoms with van der Waals surface area (Å²) in [6.45, 7) is 3.38. The molecule has 3 rings (SSSR count). The van der Waals surface area contributed by atoms with Crippen LogP contribution in [0.25, 0.3) is 0 Å². The van der Waals surface area contributed by atoms with Crippen LogP contribution in [0.1, 0.15) is 18.1 Å². The van der Waals surface area contributed by atoms with Crippen LogP contribution in [0, 0.1) is 12.8 Å². The first-order valence-corrected chi connectivity index (χ1v) is 12.1. The van der Waals surface area contributed by atoms with Gasteiger partial charge in [0.05, 0.1) is 21.5 Å². The molecule has 2 aromatic rings. The van der Waals surface area contributed by atoms with E-state index in [2.05, 4.69) is 9.71 Å². The van der Waals surface area contributed by atoms with E-state index in [9.17, 15) is 26.4 Å². The second-order valence-electron chi connectivity index (χ2n) is 7.71. The molecule has 182 valence electrons. The number of sulfonamides is 1. The molecular weight excluding hydrogens is 514 g/mol. The number of carbonyl (C=O) groups excluding carboxylic acids is 1. The lowest BCUT2D eigenvalue weighted by Gasteiger charge is -2.30. The number of alkyl halides is 3. The molecule has 0 aromatic heterocycles. The van der Waals surface area contributed by atoms with Crippen molar-refractivity contribution in [2.75, 3.05) is 11.9 Å². The maximum absolute atomic E-state index is 13.3. The Morgan fingerprint density at radius 1 is 1.15 bits per heavy atom. The van der Waals surface area contributed by atoms with Crippen LogP contribution in [0.2, 0.25) is 5.02 Å². The zero-order valence-electron chi connectivity index (χ0n) is 18.2. The molecule has 0 radical (unpaired) electrons. The number of benzene rings is 2. The lowest BCUT2D eigenvalue weighted by Crippen LogP contribution is -2.52. The Kier molecular flexibility index (Phi) is 7.47. The Morgan fingerprint density at radius 3 is 2.41 bits per heavy atom. The average Bonchev–Trinajstić information content (AvgIpc) is 2.76. The predicted molar refractivity (Wildman–Crippen MR) is 126 cm³/mol. The van der Waals surface area contributed by atoms with Crippen molar-refractivity contribution in [3.8, 4) is 0 Å². The SMILES string of the molecule is Cc1ccccc1N(C)C(=O)C1=NC=C(Cl)C(C)C1NS(=O)(=O)c1ccc(Cl)c(C(F)(F)F)c1. The summed E-state index contributed by atoms with van der Waals surface area (Å²) in [6.07, 6.45) is -3.61. The number of rotatable bonds is 5. The van der Waals surface area contributed by atoms with Crippen molar-refractivity contribution >= 4 is 50.5 Å². The highest BCUT2D eigenvalue weighted by Gasteiger charge is 2.39. The van der Waals surface area contributed by atoms with Gasteiger partial charge in [0.15, 0.2) is 0 Å². The highest BCUT2D eigenvalue weighted by atomic mass is 35.5. The van der Waals surface area contributed by atoms with Crippen molar-refractivity contribution in [2.24, 2.45) is 10.9 Å². The number of carbonyl (C=O) groups is 1. The molecule has 0 saturated carbocycles. The van der Waals surface area contributed by atoms with Crippen LogP contribution in [0.3, 0.4) is 0 Å². The number of amides is 1. The van der Waals surface area contributed by atoms with Gasteiger partial charge in [0.2, 0.25) is 10.0 Å². The number of para-hydroxylation sites is 1. The van der Waals surface area contributed by atoms with Gasteiger partial charge >= 0.3 is 6.18 Å². The molecule has 2 aromatic carbocycles. The van der Waals surface area contributed by atoms with Gasteiger partial charge in [0.1, 0.15) is 5.71 Å². The van der Waals surface area contributed by atoms with E-state index >= 15 is 0 Å². The summed E-state index contributed by atoms with van der Waals surface area (Å²) in [5, 5.41) is -0.462. The fourth-order valence-corrected chi connectivity index (χ4v) is 5.12. The third kappa shape index (κ3) is 5.30. The van der Waals surface area contributed by atoms with Gasteiger partial charge in [-0.25, -0.2) is 13.1 Å². The second-order valence-corrected chi connectivity index (χ2v) is 10.3. The molecule has 1 N–H and O–H groups in total. The molecule has 12 heteroatoms. The molecule has 2 unspecified atom stereocenters. The lowest BCUT2D eigenvalue weighted by atomic mass is 9.95. The van der Waals surface area contributed by atoms with E-state index in [0.717, 1.165) is 17.7 Å². The molecule has 1 aliphatic heterocycles. The zero-order chi connectivity index (χ0) is 25.4. The number of anilines is 1. The van der Waals surface area contributed by atoms with Crippen LogP contribution in [0.15, 0.2) is 63.6 Å². The van der Waals surface area contributed by atoms with E-state index in [1.54, 1.807) is 38.1 Å². The Hall–Kier alpha value is -2.40. The highest BCUT2D eigenvalue weighted by molar-refractivity contribution is 7.89. The smallest absolute Gasteiger partial charge is 0.310 e. The minimum atomic E-state index is -4.86. The number of hydrogen-bond acceptors (Lipinski definition) is 4. The van der Waals surface area contributed by atoms with Gasteiger partial charge in [-0.3, -0.25) is 9.79 Å². The monoisotopic (exact) mass is 533 g/mol. The van der Waals surface area contributed by atoms with Gasteiger partial charge in [-0.05, 0) is 36.8 Å². The number of aliphatic imine (C=N–C) groups is 1. The topological polar surface area (TPSA) is 78.8 Å². The number of nitrogens with one attached hydrogen (secondary N) is 1. The van der Waals surface area contributed by atoms with Gasteiger partial charge < -0.3 is 4.90 Å². The first-order valence-electron chi connectivity index (χ1n) is 9.90. The summed E-state index contributed by atoms with van der Waals surface area (Å²) >= 11 is 11.8. The fraction of sp³-hybridized carbons (Fsp3) is 0.273. The summed E-state index contributed by atoms with van der Waals surface area (Å²) in [7, 11) is -3.01. The summed E-state index contributed by atoms with van der Waals surface area (Å²) in [5.41, 5.74) is -0.0702. The van der Waals surface area contributed by atoms with Gasteiger partial charge in [-0.2, -0.15) is 13.2 Å². The van der Waals surface area contributed by atoms with Gasteiger partial charge in [-0.15, -0.1) is 0 Å².